The van der Waals surface area contributed by atoms with E-state index in [2.05, 4.69) is 0 Å². The maximum Gasteiger partial charge on any atom is 0.175 e. The van der Waals surface area contributed by atoms with Crippen LogP contribution >= 0.6 is 0 Å². The Labute approximate surface area is 54.1 Å². The third-order valence-electron chi connectivity index (χ3n) is 1.41. The molecule has 1 heterocycles. The Morgan fingerprint density at radius 3 is 2.56 bits per heavy atom. The molecule has 3 nitrogen and oxygen atoms in total. The van der Waals surface area contributed by atoms with Crippen molar-refractivity contribution in [2.24, 2.45) is 5.73 Å². The van der Waals surface area contributed by atoms with E-state index in [0.717, 1.165) is 5.57 Å². The minimum Gasteiger partial charge on any atom is -0.404 e. The molecule has 9 heavy (non-hydrogen) atoms. The molecule has 2 N–H and O–H groups in total. The summed E-state index contributed by atoms with van der Waals surface area (Å²) in [5.41, 5.74) is 5.91. The van der Waals surface area contributed by atoms with Crippen LogP contribution in [0.4, 0.5) is 0 Å². The topological polar surface area (TPSA) is 46.3 Å². The van der Waals surface area contributed by atoms with Crippen LogP contribution in [0, 0.1) is 0 Å². The molecular formula is C6H10N2O. The molecule has 0 radical (unpaired) electrons. The Morgan fingerprint density at radius 1 is 1.67 bits per heavy atom. The summed E-state index contributed by atoms with van der Waals surface area (Å²) in [5.74, 6) is 0.153. The molecule has 1 fully saturated rings. The quantitative estimate of drug-likeness (QED) is 0.438. The largest absolute Gasteiger partial charge is 0.404 e. The number of carbonyl (C=O) groups is 1. The average Bonchev–Trinajstić information content (AvgIpc) is 2.10. The van der Waals surface area contributed by atoms with E-state index in [1.165, 1.54) is 6.20 Å². The summed E-state index contributed by atoms with van der Waals surface area (Å²) in [4.78, 5) is 12.8. The van der Waals surface area contributed by atoms with Gasteiger partial charge in [-0.25, -0.2) is 0 Å². The second-order valence-electron chi connectivity index (χ2n) is 2.29. The van der Waals surface area contributed by atoms with E-state index in [-0.39, 0.29) is 5.78 Å². The van der Waals surface area contributed by atoms with E-state index < -0.39 is 0 Å². The van der Waals surface area contributed by atoms with Crippen molar-refractivity contribution in [3.63, 3.8) is 0 Å². The number of rotatable bonds is 0. The Morgan fingerprint density at radius 2 is 2.33 bits per heavy atom. The van der Waals surface area contributed by atoms with Gasteiger partial charge in [0.25, 0.3) is 0 Å². The molecule has 0 spiro atoms. The highest BCUT2D eigenvalue weighted by atomic mass is 16.1. The molecule has 0 unspecified atom stereocenters. The SMILES string of the molecule is CN1CC(=O)/C(=C\N)C1. The summed E-state index contributed by atoms with van der Waals surface area (Å²) >= 11 is 0. The Bertz CT molecular complexity index is 162. The predicted octanol–water partition coefficient (Wildman–Crippen LogP) is -0.656. The molecule has 0 aromatic heterocycles. The maximum absolute atomic E-state index is 10.8. The summed E-state index contributed by atoms with van der Waals surface area (Å²) in [7, 11) is 1.90. The first kappa shape index (κ1) is 6.29. The number of hydrogen-bond acceptors (Lipinski definition) is 3. The summed E-state index contributed by atoms with van der Waals surface area (Å²) in [5, 5.41) is 0. The molecule has 0 aromatic rings. The van der Waals surface area contributed by atoms with Crippen molar-refractivity contribution in [2.45, 2.75) is 0 Å². The van der Waals surface area contributed by atoms with Crippen LogP contribution in [0.5, 0.6) is 0 Å². The lowest BCUT2D eigenvalue weighted by molar-refractivity contribution is -0.114. The van der Waals surface area contributed by atoms with Gasteiger partial charge in [-0.2, -0.15) is 0 Å². The number of carbonyl (C=O) groups excluding carboxylic acids is 1. The Hall–Kier alpha value is -0.830. The number of nitrogens with zero attached hydrogens (tertiary/aromatic N) is 1. The molecule has 0 saturated carbocycles. The van der Waals surface area contributed by atoms with Gasteiger partial charge in [-0.1, -0.05) is 0 Å². The number of likely N-dealkylation sites (tertiary alicyclic amines) is 1. The van der Waals surface area contributed by atoms with Gasteiger partial charge in [-0.05, 0) is 7.05 Å². The second-order valence-corrected chi connectivity index (χ2v) is 2.29. The second kappa shape index (κ2) is 2.19. The lowest BCUT2D eigenvalue weighted by Crippen LogP contribution is -2.13. The fourth-order valence-electron chi connectivity index (χ4n) is 0.927. The van der Waals surface area contributed by atoms with E-state index in [4.69, 9.17) is 5.73 Å². The first-order valence-corrected chi connectivity index (χ1v) is 2.86. The molecule has 1 saturated heterocycles. The summed E-state index contributed by atoms with van der Waals surface area (Å²) in [6, 6.07) is 0. The average molecular weight is 126 g/mol. The van der Waals surface area contributed by atoms with Crippen LogP contribution < -0.4 is 5.73 Å². The van der Waals surface area contributed by atoms with Crippen molar-refractivity contribution in [2.75, 3.05) is 20.1 Å². The molecule has 50 valence electrons. The van der Waals surface area contributed by atoms with Crippen molar-refractivity contribution in [1.82, 2.24) is 4.90 Å². The van der Waals surface area contributed by atoms with Crippen molar-refractivity contribution >= 4 is 5.78 Å². The van der Waals surface area contributed by atoms with Crippen LogP contribution in [0.3, 0.4) is 0 Å². The highest BCUT2D eigenvalue weighted by Crippen LogP contribution is 2.06. The van der Waals surface area contributed by atoms with Crippen molar-refractivity contribution in [1.29, 1.82) is 0 Å². The normalized spacial score (nSPS) is 25.9. The van der Waals surface area contributed by atoms with Gasteiger partial charge in [0.15, 0.2) is 5.78 Å². The standard InChI is InChI=1S/C6H10N2O/c1-8-3-5(2-7)6(9)4-8/h2H,3-4,7H2,1H3/b5-2-. The van der Waals surface area contributed by atoms with Crippen molar-refractivity contribution < 1.29 is 4.79 Å². The molecule has 3 heteroatoms. The third-order valence-corrected chi connectivity index (χ3v) is 1.41. The lowest BCUT2D eigenvalue weighted by Gasteiger charge is -1.99. The lowest BCUT2D eigenvalue weighted by atomic mass is 10.2. The highest BCUT2D eigenvalue weighted by Gasteiger charge is 2.20. The van der Waals surface area contributed by atoms with E-state index in [9.17, 15) is 4.79 Å². The van der Waals surface area contributed by atoms with Crippen LogP contribution in [0.1, 0.15) is 0 Å². The molecule has 1 aliphatic rings. The van der Waals surface area contributed by atoms with Crippen LogP contribution in [0.25, 0.3) is 0 Å². The zero-order valence-corrected chi connectivity index (χ0v) is 5.42. The summed E-state index contributed by atoms with van der Waals surface area (Å²) < 4.78 is 0. The smallest absolute Gasteiger partial charge is 0.175 e. The van der Waals surface area contributed by atoms with Gasteiger partial charge in [0.2, 0.25) is 0 Å². The van der Waals surface area contributed by atoms with E-state index in [1.54, 1.807) is 0 Å². The molecule has 0 atom stereocenters. The molecule has 0 amide bonds. The first-order valence-electron chi connectivity index (χ1n) is 2.86. The van der Waals surface area contributed by atoms with E-state index in [0.29, 0.717) is 13.1 Å². The van der Waals surface area contributed by atoms with Gasteiger partial charge in [-0.15, -0.1) is 0 Å². The zero-order chi connectivity index (χ0) is 6.85. The maximum atomic E-state index is 10.8. The minimum atomic E-state index is 0.153. The molecule has 1 aliphatic heterocycles. The Kier molecular flexibility index (Phi) is 1.53. The number of likely N-dealkylation sites (N-methyl/N-ethyl adjacent to an activating group) is 1. The molecule has 0 bridgehead atoms. The fraction of sp³-hybridized carbons (Fsp3) is 0.500. The van der Waals surface area contributed by atoms with Gasteiger partial charge in [0, 0.05) is 18.3 Å². The number of nitrogens with two attached hydrogens (primary N) is 1. The van der Waals surface area contributed by atoms with Crippen LogP contribution in [0.2, 0.25) is 0 Å². The van der Waals surface area contributed by atoms with Crippen molar-refractivity contribution in [3.8, 4) is 0 Å². The van der Waals surface area contributed by atoms with Gasteiger partial charge in [0.05, 0.1) is 6.54 Å². The number of Topliss-reactive ketones (excluding diaryl/α,β-unsaturated/α-hetero) is 1. The number of ketones is 1. The first-order chi connectivity index (χ1) is 4.24. The molecular weight excluding hydrogens is 116 g/mol. The summed E-state index contributed by atoms with van der Waals surface area (Å²) in [6.07, 6.45) is 1.39. The molecule has 1 rings (SSSR count). The van der Waals surface area contributed by atoms with Gasteiger partial charge >= 0.3 is 0 Å². The van der Waals surface area contributed by atoms with Gasteiger partial charge in [0.1, 0.15) is 0 Å². The van der Waals surface area contributed by atoms with Gasteiger partial charge in [-0.3, -0.25) is 9.69 Å². The summed E-state index contributed by atoms with van der Waals surface area (Å²) in [6.45, 7) is 1.22. The monoisotopic (exact) mass is 126 g/mol. The van der Waals surface area contributed by atoms with E-state index >= 15 is 0 Å². The Balaban J connectivity index is 2.70. The van der Waals surface area contributed by atoms with Crippen LogP contribution in [-0.2, 0) is 4.79 Å². The third kappa shape index (κ3) is 1.10. The predicted molar refractivity (Wildman–Crippen MR) is 34.8 cm³/mol. The van der Waals surface area contributed by atoms with Gasteiger partial charge < -0.3 is 5.73 Å². The minimum absolute atomic E-state index is 0.153. The van der Waals surface area contributed by atoms with E-state index in [1.807, 2.05) is 11.9 Å². The zero-order valence-electron chi connectivity index (χ0n) is 5.42. The molecule has 0 aromatic carbocycles. The fourth-order valence-corrected chi connectivity index (χ4v) is 0.927. The highest BCUT2D eigenvalue weighted by molar-refractivity contribution is 5.99. The van der Waals surface area contributed by atoms with Crippen LogP contribution in [-0.4, -0.2) is 30.8 Å². The number of hydrogen-bond donors (Lipinski definition) is 1. The molecule has 0 aliphatic carbocycles. The van der Waals surface area contributed by atoms with Crippen LogP contribution in [0.15, 0.2) is 11.8 Å². The van der Waals surface area contributed by atoms with Crippen molar-refractivity contribution in [3.05, 3.63) is 11.8 Å².